The minimum atomic E-state index is -0.845. The van der Waals surface area contributed by atoms with Crippen molar-refractivity contribution in [1.82, 2.24) is 19.7 Å². The second-order valence-corrected chi connectivity index (χ2v) is 8.67. The molecule has 0 aliphatic heterocycles. The molecule has 0 bridgehead atoms. The molecule has 0 fully saturated rings. The molecule has 0 aliphatic carbocycles. The van der Waals surface area contributed by atoms with Crippen molar-refractivity contribution < 1.29 is 9.15 Å². The predicted molar refractivity (Wildman–Crippen MR) is 139 cm³/mol. The van der Waals surface area contributed by atoms with Gasteiger partial charge in [0.1, 0.15) is 16.4 Å². The molecular weight excluding hydrogens is 472 g/mol. The highest BCUT2D eigenvalue weighted by atomic mass is 35.5. The molecule has 0 saturated heterocycles. The van der Waals surface area contributed by atoms with Crippen LogP contribution in [-0.2, 0) is 5.54 Å². The number of pyridine rings is 1. The summed E-state index contributed by atoms with van der Waals surface area (Å²) in [5.41, 5.74) is 3.51. The van der Waals surface area contributed by atoms with E-state index in [0.717, 1.165) is 22.2 Å². The number of benzene rings is 3. The molecule has 3 aromatic heterocycles. The van der Waals surface area contributed by atoms with Crippen LogP contribution in [0.5, 0.6) is 5.88 Å². The molecule has 0 amide bonds. The van der Waals surface area contributed by atoms with Gasteiger partial charge in [-0.3, -0.25) is 0 Å². The highest BCUT2D eigenvalue weighted by Gasteiger charge is 2.41. The second-order valence-electron chi connectivity index (χ2n) is 8.28. The summed E-state index contributed by atoms with van der Waals surface area (Å²) in [5.74, 6) is 0.887. The summed E-state index contributed by atoms with van der Waals surface area (Å²) in [6, 6.07) is 32.7. The van der Waals surface area contributed by atoms with Crippen LogP contribution in [0.3, 0.4) is 0 Å². The number of oxazole rings is 1. The van der Waals surface area contributed by atoms with Crippen LogP contribution in [0.15, 0.2) is 114 Å². The fraction of sp³-hybridized carbons (Fsp3) is 0.0690. The molecule has 0 saturated carbocycles. The van der Waals surface area contributed by atoms with Gasteiger partial charge < -0.3 is 9.15 Å². The Bertz CT molecular complexity index is 1520. The maximum atomic E-state index is 6.60. The first kappa shape index (κ1) is 22.1. The first-order valence-electron chi connectivity index (χ1n) is 11.4. The summed E-state index contributed by atoms with van der Waals surface area (Å²) < 4.78 is 13.4. The predicted octanol–water partition coefficient (Wildman–Crippen LogP) is 6.59. The van der Waals surface area contributed by atoms with Gasteiger partial charge in [-0.25, -0.2) is 14.6 Å². The van der Waals surface area contributed by atoms with Gasteiger partial charge in [0.15, 0.2) is 12.2 Å². The lowest BCUT2D eigenvalue weighted by molar-refractivity contribution is 0.378. The number of ether oxygens (including phenoxy) is 1. The fourth-order valence-corrected chi connectivity index (χ4v) is 5.08. The van der Waals surface area contributed by atoms with E-state index in [1.807, 2.05) is 65.3 Å². The van der Waals surface area contributed by atoms with Crippen molar-refractivity contribution in [3.8, 4) is 17.3 Å². The van der Waals surface area contributed by atoms with E-state index >= 15 is 0 Å². The zero-order chi connectivity index (χ0) is 24.5. The highest BCUT2D eigenvalue weighted by molar-refractivity contribution is 6.30. The first-order valence-corrected chi connectivity index (χ1v) is 11.8. The lowest BCUT2D eigenvalue weighted by Gasteiger charge is -2.36. The van der Waals surface area contributed by atoms with Crippen molar-refractivity contribution in [3.05, 3.63) is 131 Å². The second kappa shape index (κ2) is 8.98. The van der Waals surface area contributed by atoms with Gasteiger partial charge in [0.2, 0.25) is 5.88 Å². The van der Waals surface area contributed by atoms with Gasteiger partial charge in [0.25, 0.3) is 0 Å². The Morgan fingerprint density at radius 3 is 1.86 bits per heavy atom. The molecule has 0 spiro atoms. The number of hydrogen-bond acceptors (Lipinski definition) is 5. The lowest BCUT2D eigenvalue weighted by atomic mass is 9.77. The highest BCUT2D eigenvalue weighted by Crippen LogP contribution is 2.45. The summed E-state index contributed by atoms with van der Waals surface area (Å²) in [6.45, 7) is 0. The summed E-state index contributed by atoms with van der Waals surface area (Å²) >= 11 is 6.60. The molecule has 176 valence electrons. The van der Waals surface area contributed by atoms with Crippen molar-refractivity contribution in [2.45, 2.75) is 5.54 Å². The first-order chi connectivity index (χ1) is 17.7. The Morgan fingerprint density at radius 2 is 1.39 bits per heavy atom. The summed E-state index contributed by atoms with van der Waals surface area (Å²) in [6.07, 6.45) is 2.97. The van der Waals surface area contributed by atoms with E-state index in [1.165, 1.54) is 6.39 Å². The van der Waals surface area contributed by atoms with Gasteiger partial charge in [-0.2, -0.15) is 0 Å². The van der Waals surface area contributed by atoms with Crippen LogP contribution in [-0.4, -0.2) is 26.9 Å². The summed E-state index contributed by atoms with van der Waals surface area (Å²) in [7, 11) is 1.60. The number of rotatable bonds is 6. The van der Waals surface area contributed by atoms with Crippen LogP contribution in [0.25, 0.3) is 22.4 Å². The molecule has 0 radical (unpaired) electrons. The molecule has 3 aromatic carbocycles. The van der Waals surface area contributed by atoms with Gasteiger partial charge in [0, 0.05) is 6.07 Å². The average Bonchev–Trinajstić information content (AvgIpc) is 3.60. The maximum Gasteiger partial charge on any atom is 0.242 e. The van der Waals surface area contributed by atoms with Crippen molar-refractivity contribution in [3.63, 3.8) is 0 Å². The SMILES string of the molecule is COc1nn(C(c2ccccc2)(c2ccccc2)c2ccccc2)c2cc(Cl)nc(-c3cnco3)c12. The largest absolute Gasteiger partial charge is 0.479 e. The molecule has 0 unspecified atom stereocenters. The van der Waals surface area contributed by atoms with E-state index in [-0.39, 0.29) is 0 Å². The van der Waals surface area contributed by atoms with Crippen LogP contribution in [0.4, 0.5) is 0 Å². The molecule has 3 heterocycles. The van der Waals surface area contributed by atoms with Gasteiger partial charge in [-0.05, 0) is 16.7 Å². The summed E-state index contributed by atoms with van der Waals surface area (Å²) in [5, 5.41) is 6.05. The molecule has 0 atom stereocenters. The third kappa shape index (κ3) is 3.38. The number of halogens is 1. The number of hydrogen-bond donors (Lipinski definition) is 0. The Morgan fingerprint density at radius 1 is 0.833 bits per heavy atom. The molecule has 36 heavy (non-hydrogen) atoms. The van der Waals surface area contributed by atoms with Crippen LogP contribution in [0.1, 0.15) is 16.7 Å². The standard InChI is InChI=1S/C29H21ClN4O2/c1-35-28-26-23(17-25(30)32-27(26)24-18-31-19-36-24)34(33-28)29(20-11-5-2-6-12-20,21-13-7-3-8-14-21)22-15-9-4-10-16-22/h2-19H,1H3. The van der Waals surface area contributed by atoms with Crippen LogP contribution in [0.2, 0.25) is 5.15 Å². The van der Waals surface area contributed by atoms with E-state index < -0.39 is 5.54 Å². The van der Waals surface area contributed by atoms with Crippen molar-refractivity contribution in [2.75, 3.05) is 7.11 Å². The van der Waals surface area contributed by atoms with E-state index in [4.69, 9.17) is 25.9 Å². The molecule has 7 heteroatoms. The van der Waals surface area contributed by atoms with Crippen LogP contribution >= 0.6 is 11.6 Å². The Balaban J connectivity index is 1.82. The van der Waals surface area contributed by atoms with Crippen LogP contribution in [0, 0.1) is 0 Å². The number of methoxy groups -OCH3 is 1. The average molecular weight is 493 g/mol. The third-order valence-corrected chi connectivity index (χ3v) is 6.55. The van der Waals surface area contributed by atoms with Crippen molar-refractivity contribution >= 4 is 22.5 Å². The van der Waals surface area contributed by atoms with E-state index in [2.05, 4.69) is 46.4 Å². The quantitative estimate of drug-likeness (QED) is 0.194. The minimum Gasteiger partial charge on any atom is -0.479 e. The zero-order valence-electron chi connectivity index (χ0n) is 19.4. The van der Waals surface area contributed by atoms with Crippen molar-refractivity contribution in [1.29, 1.82) is 0 Å². The van der Waals surface area contributed by atoms with Gasteiger partial charge in [-0.15, -0.1) is 5.10 Å². The third-order valence-electron chi connectivity index (χ3n) is 6.35. The van der Waals surface area contributed by atoms with Crippen molar-refractivity contribution in [2.24, 2.45) is 0 Å². The fourth-order valence-electron chi connectivity index (χ4n) is 4.89. The van der Waals surface area contributed by atoms with Crippen LogP contribution < -0.4 is 4.74 Å². The van der Waals surface area contributed by atoms with E-state index in [9.17, 15) is 0 Å². The number of fused-ring (bicyclic) bond motifs is 1. The molecule has 0 N–H and O–H groups in total. The summed E-state index contributed by atoms with van der Waals surface area (Å²) in [4.78, 5) is 8.64. The zero-order valence-corrected chi connectivity index (χ0v) is 20.1. The van der Waals surface area contributed by atoms with E-state index in [1.54, 1.807) is 13.3 Å². The molecule has 6 aromatic rings. The Hall–Kier alpha value is -4.42. The maximum absolute atomic E-state index is 6.60. The van der Waals surface area contributed by atoms with E-state index in [0.29, 0.717) is 27.9 Å². The lowest BCUT2D eigenvalue weighted by Crippen LogP contribution is -2.38. The van der Waals surface area contributed by atoms with Gasteiger partial charge in [0.05, 0.1) is 24.2 Å². The molecule has 0 aliphatic rings. The van der Waals surface area contributed by atoms with Gasteiger partial charge in [-0.1, -0.05) is 103 Å². The number of nitrogens with zero attached hydrogens (tertiary/aromatic N) is 4. The molecular formula is C29H21ClN4O2. The Kier molecular flexibility index (Phi) is 5.51. The molecule has 6 rings (SSSR count). The topological polar surface area (TPSA) is 66.0 Å². The minimum absolute atomic E-state index is 0.306. The normalized spacial score (nSPS) is 11.6. The smallest absolute Gasteiger partial charge is 0.242 e. The number of aromatic nitrogens is 4. The van der Waals surface area contributed by atoms with Gasteiger partial charge >= 0.3 is 0 Å². The Labute approximate surface area is 212 Å². The molecule has 6 nitrogen and oxygen atoms in total. The monoisotopic (exact) mass is 492 g/mol.